The average molecular weight is 343 g/mol. The molecule has 25 heavy (non-hydrogen) atoms. The van der Waals surface area contributed by atoms with Gasteiger partial charge in [0.25, 0.3) is 0 Å². The van der Waals surface area contributed by atoms with Crippen molar-refractivity contribution in [1.29, 1.82) is 0 Å². The molecule has 0 saturated carbocycles. The van der Waals surface area contributed by atoms with Crippen LogP contribution < -0.4 is 4.74 Å². The topological polar surface area (TPSA) is 63.5 Å². The Morgan fingerprint density at radius 2 is 2.00 bits per heavy atom. The van der Waals surface area contributed by atoms with Gasteiger partial charge in [-0.3, -0.25) is 9.69 Å². The van der Waals surface area contributed by atoms with Crippen LogP contribution in [0.5, 0.6) is 5.75 Å². The molecule has 1 amide bonds. The molecule has 1 aliphatic rings. The van der Waals surface area contributed by atoms with Gasteiger partial charge in [0.05, 0.1) is 7.11 Å². The number of aromatic nitrogens is 3. The number of hydrogen-bond donors (Lipinski definition) is 0. The molecule has 1 fully saturated rings. The molecule has 1 aliphatic heterocycles. The standard InChI is InChI=1S/C18H25N5O2/c1-25-17-5-2-4-16(12-17)13-21-7-3-8-23(11-10-21)18(24)6-9-22-14-19-20-15-22/h2,4-5,12,14-15H,3,6-11,13H2,1H3. The maximum Gasteiger partial charge on any atom is 0.224 e. The van der Waals surface area contributed by atoms with Crippen molar-refractivity contribution in [3.8, 4) is 5.75 Å². The van der Waals surface area contributed by atoms with Crippen LogP contribution in [0, 0.1) is 0 Å². The zero-order valence-corrected chi connectivity index (χ0v) is 14.7. The van der Waals surface area contributed by atoms with Crippen LogP contribution in [0.15, 0.2) is 36.9 Å². The van der Waals surface area contributed by atoms with Gasteiger partial charge in [-0.1, -0.05) is 12.1 Å². The SMILES string of the molecule is COc1cccc(CN2CCCN(C(=O)CCn3cnnc3)CC2)c1. The lowest BCUT2D eigenvalue weighted by atomic mass is 10.2. The third-order valence-electron chi connectivity index (χ3n) is 4.53. The first-order valence-electron chi connectivity index (χ1n) is 8.70. The van der Waals surface area contributed by atoms with Crippen molar-refractivity contribution in [3.05, 3.63) is 42.5 Å². The van der Waals surface area contributed by atoms with Crippen LogP contribution in [0.25, 0.3) is 0 Å². The summed E-state index contributed by atoms with van der Waals surface area (Å²) in [4.78, 5) is 16.8. The Bertz CT molecular complexity index is 674. The quantitative estimate of drug-likeness (QED) is 0.794. The minimum Gasteiger partial charge on any atom is -0.497 e. The molecule has 0 atom stereocenters. The van der Waals surface area contributed by atoms with Gasteiger partial charge in [0.15, 0.2) is 0 Å². The van der Waals surface area contributed by atoms with Gasteiger partial charge < -0.3 is 14.2 Å². The van der Waals surface area contributed by atoms with Gasteiger partial charge in [0.1, 0.15) is 18.4 Å². The molecule has 7 heteroatoms. The fourth-order valence-electron chi connectivity index (χ4n) is 3.13. The summed E-state index contributed by atoms with van der Waals surface area (Å²) in [7, 11) is 1.69. The van der Waals surface area contributed by atoms with Crippen LogP contribution in [-0.2, 0) is 17.9 Å². The summed E-state index contributed by atoms with van der Waals surface area (Å²) in [6, 6.07) is 8.18. The first kappa shape index (κ1) is 17.4. The lowest BCUT2D eigenvalue weighted by Gasteiger charge is -2.22. The average Bonchev–Trinajstić information content (AvgIpc) is 3.05. The van der Waals surface area contributed by atoms with Crippen LogP contribution >= 0.6 is 0 Å². The number of carbonyl (C=O) groups is 1. The summed E-state index contributed by atoms with van der Waals surface area (Å²) in [5.41, 5.74) is 1.24. The highest BCUT2D eigenvalue weighted by atomic mass is 16.5. The number of aryl methyl sites for hydroxylation is 1. The van der Waals surface area contributed by atoms with E-state index < -0.39 is 0 Å². The van der Waals surface area contributed by atoms with Gasteiger partial charge in [-0.25, -0.2) is 0 Å². The van der Waals surface area contributed by atoms with Crippen molar-refractivity contribution in [3.63, 3.8) is 0 Å². The molecule has 0 N–H and O–H groups in total. The minimum absolute atomic E-state index is 0.205. The highest BCUT2D eigenvalue weighted by Gasteiger charge is 2.19. The van der Waals surface area contributed by atoms with Crippen LogP contribution in [0.3, 0.4) is 0 Å². The Balaban J connectivity index is 1.48. The number of benzene rings is 1. The van der Waals surface area contributed by atoms with E-state index in [0.29, 0.717) is 13.0 Å². The zero-order valence-electron chi connectivity index (χ0n) is 14.7. The van der Waals surface area contributed by atoms with Crippen LogP contribution in [-0.4, -0.2) is 63.8 Å². The summed E-state index contributed by atoms with van der Waals surface area (Å²) in [5, 5.41) is 7.52. The summed E-state index contributed by atoms with van der Waals surface area (Å²) < 4.78 is 7.13. The summed E-state index contributed by atoms with van der Waals surface area (Å²) in [5.74, 6) is 1.09. The molecular weight excluding hydrogens is 318 g/mol. The molecule has 7 nitrogen and oxygen atoms in total. The van der Waals surface area contributed by atoms with Crippen molar-refractivity contribution in [2.75, 3.05) is 33.3 Å². The molecule has 0 unspecified atom stereocenters. The van der Waals surface area contributed by atoms with Gasteiger partial charge in [0.2, 0.25) is 5.91 Å². The molecule has 134 valence electrons. The van der Waals surface area contributed by atoms with Gasteiger partial charge in [-0.2, -0.15) is 0 Å². The fraction of sp³-hybridized carbons (Fsp3) is 0.500. The second kappa shape index (κ2) is 8.62. The monoisotopic (exact) mass is 343 g/mol. The smallest absolute Gasteiger partial charge is 0.224 e. The molecular formula is C18H25N5O2. The summed E-state index contributed by atoms with van der Waals surface area (Å²) in [6.07, 6.45) is 4.79. The van der Waals surface area contributed by atoms with E-state index in [1.54, 1.807) is 19.8 Å². The lowest BCUT2D eigenvalue weighted by Crippen LogP contribution is -2.35. The Morgan fingerprint density at radius 3 is 2.80 bits per heavy atom. The molecule has 2 aromatic rings. The number of ether oxygens (including phenoxy) is 1. The summed E-state index contributed by atoms with van der Waals surface area (Å²) >= 11 is 0. The maximum absolute atomic E-state index is 12.4. The highest BCUT2D eigenvalue weighted by Crippen LogP contribution is 2.15. The van der Waals surface area contributed by atoms with Crippen LogP contribution in [0.2, 0.25) is 0 Å². The number of amides is 1. The molecule has 1 saturated heterocycles. The number of methoxy groups -OCH3 is 1. The molecule has 1 aromatic carbocycles. The van der Waals surface area contributed by atoms with E-state index in [4.69, 9.17) is 4.74 Å². The lowest BCUT2D eigenvalue weighted by molar-refractivity contribution is -0.131. The normalized spacial score (nSPS) is 15.8. The van der Waals surface area contributed by atoms with E-state index in [1.807, 2.05) is 21.6 Å². The van der Waals surface area contributed by atoms with Gasteiger partial charge in [-0.05, 0) is 24.1 Å². The van der Waals surface area contributed by atoms with Gasteiger partial charge in [-0.15, -0.1) is 10.2 Å². The molecule has 3 rings (SSSR count). The van der Waals surface area contributed by atoms with E-state index in [1.165, 1.54) is 5.56 Å². The molecule has 0 spiro atoms. The third kappa shape index (κ3) is 5.03. The number of hydrogen-bond acceptors (Lipinski definition) is 5. The van der Waals surface area contributed by atoms with Crippen molar-refractivity contribution >= 4 is 5.91 Å². The van der Waals surface area contributed by atoms with E-state index in [0.717, 1.165) is 44.9 Å². The third-order valence-corrected chi connectivity index (χ3v) is 4.53. The predicted octanol–water partition coefficient (Wildman–Crippen LogP) is 1.41. The number of rotatable bonds is 6. The Labute approximate surface area is 148 Å². The minimum atomic E-state index is 0.205. The first-order valence-corrected chi connectivity index (χ1v) is 8.70. The van der Waals surface area contributed by atoms with E-state index in [9.17, 15) is 4.79 Å². The molecule has 1 aromatic heterocycles. The Morgan fingerprint density at radius 1 is 1.16 bits per heavy atom. The van der Waals surface area contributed by atoms with Gasteiger partial charge >= 0.3 is 0 Å². The molecule has 2 heterocycles. The first-order chi connectivity index (χ1) is 12.2. The Kier molecular flexibility index (Phi) is 6.00. The number of carbonyl (C=O) groups excluding carboxylic acids is 1. The molecule has 0 radical (unpaired) electrons. The van der Waals surface area contributed by atoms with E-state index >= 15 is 0 Å². The second-order valence-electron chi connectivity index (χ2n) is 6.31. The summed E-state index contributed by atoms with van der Waals surface area (Å²) in [6.45, 7) is 5.04. The molecule has 0 aliphatic carbocycles. The van der Waals surface area contributed by atoms with Gasteiger partial charge in [0, 0.05) is 45.7 Å². The largest absolute Gasteiger partial charge is 0.497 e. The van der Waals surface area contributed by atoms with E-state index in [-0.39, 0.29) is 5.91 Å². The Hall–Kier alpha value is -2.41. The van der Waals surface area contributed by atoms with Crippen molar-refractivity contribution in [2.24, 2.45) is 0 Å². The van der Waals surface area contributed by atoms with Crippen LogP contribution in [0.1, 0.15) is 18.4 Å². The fourth-order valence-corrected chi connectivity index (χ4v) is 3.13. The van der Waals surface area contributed by atoms with Crippen LogP contribution in [0.4, 0.5) is 0 Å². The molecule has 0 bridgehead atoms. The number of nitrogens with zero attached hydrogens (tertiary/aromatic N) is 5. The maximum atomic E-state index is 12.4. The second-order valence-corrected chi connectivity index (χ2v) is 6.31. The zero-order chi connectivity index (χ0) is 17.5. The van der Waals surface area contributed by atoms with E-state index in [2.05, 4.69) is 27.2 Å². The predicted molar refractivity (Wildman–Crippen MR) is 94.1 cm³/mol. The highest BCUT2D eigenvalue weighted by molar-refractivity contribution is 5.76. The van der Waals surface area contributed by atoms with Crippen molar-refractivity contribution in [1.82, 2.24) is 24.6 Å². The van der Waals surface area contributed by atoms with Crippen molar-refractivity contribution < 1.29 is 9.53 Å². The van der Waals surface area contributed by atoms with Crippen molar-refractivity contribution in [2.45, 2.75) is 25.9 Å².